The number of rotatable bonds is 8. The highest BCUT2D eigenvalue weighted by molar-refractivity contribution is 7.99. The molecule has 1 N–H and O–H groups in total. The fourth-order valence-corrected chi connectivity index (χ4v) is 2.69. The summed E-state index contributed by atoms with van der Waals surface area (Å²) in [6.07, 6.45) is -0.850. The van der Waals surface area contributed by atoms with Gasteiger partial charge in [0.2, 0.25) is 0 Å². The number of carbonyl (C=O) groups excluding carboxylic acids is 2. The van der Waals surface area contributed by atoms with Gasteiger partial charge in [-0.1, -0.05) is 11.8 Å². The van der Waals surface area contributed by atoms with Crippen molar-refractivity contribution in [2.45, 2.75) is 30.6 Å². The summed E-state index contributed by atoms with van der Waals surface area (Å²) < 4.78 is 35.5. The molecule has 1 amide bonds. The van der Waals surface area contributed by atoms with Gasteiger partial charge in [-0.3, -0.25) is 9.59 Å². The van der Waals surface area contributed by atoms with Crippen LogP contribution in [0.5, 0.6) is 11.5 Å². The van der Waals surface area contributed by atoms with E-state index in [2.05, 4.69) is 5.32 Å². The van der Waals surface area contributed by atoms with Crippen LogP contribution in [0.25, 0.3) is 0 Å². The first kappa shape index (κ1) is 20.7. The van der Waals surface area contributed by atoms with Crippen LogP contribution in [-0.2, 0) is 4.79 Å². The second-order valence-electron chi connectivity index (χ2n) is 5.57. The van der Waals surface area contributed by atoms with Crippen molar-refractivity contribution in [1.29, 1.82) is 0 Å². The zero-order chi connectivity index (χ0) is 20.0. The molecule has 0 saturated carbocycles. The summed E-state index contributed by atoms with van der Waals surface area (Å²) in [6.45, 7) is 3.01. The number of Topliss-reactive ketones (excluding diaryl/α,β-unsaturated/α-hetero) is 1. The predicted octanol–water partition coefficient (Wildman–Crippen LogP) is 4.62. The molecule has 0 fully saturated rings. The van der Waals surface area contributed by atoms with Crippen molar-refractivity contribution >= 4 is 29.1 Å². The number of thioether (sulfide) groups is 1. The molecule has 0 radical (unpaired) electrons. The third kappa shape index (κ3) is 5.96. The van der Waals surface area contributed by atoms with Crippen LogP contribution in [0.15, 0.2) is 47.4 Å². The lowest BCUT2D eigenvalue weighted by Crippen LogP contribution is -2.30. The number of hydrogen-bond donors (Lipinski definition) is 1. The quantitative estimate of drug-likeness (QED) is 0.522. The number of nitrogens with one attached hydrogen (secondary N) is 1. The van der Waals surface area contributed by atoms with Crippen LogP contribution in [0.1, 0.15) is 24.2 Å². The lowest BCUT2D eigenvalue weighted by atomic mass is 10.1. The molecule has 0 aliphatic rings. The number of hydrogen-bond acceptors (Lipinski definition) is 5. The minimum Gasteiger partial charge on any atom is -0.493 e. The van der Waals surface area contributed by atoms with Crippen LogP contribution in [0.2, 0.25) is 0 Å². The van der Waals surface area contributed by atoms with Crippen molar-refractivity contribution in [3.8, 4) is 11.5 Å². The molecule has 0 aromatic heterocycles. The Balaban J connectivity index is 2.02. The van der Waals surface area contributed by atoms with E-state index in [9.17, 15) is 18.4 Å². The fraction of sp³-hybridized carbons (Fsp3) is 0.263. The number of halogens is 2. The molecule has 2 aromatic rings. The molecule has 8 heteroatoms. The molecule has 0 spiro atoms. The molecular weight excluding hydrogens is 376 g/mol. The Morgan fingerprint density at radius 2 is 1.74 bits per heavy atom. The summed E-state index contributed by atoms with van der Waals surface area (Å²) in [6, 6.07) is 10.8. The van der Waals surface area contributed by atoms with E-state index in [0.29, 0.717) is 39.4 Å². The topological polar surface area (TPSA) is 64.6 Å². The number of methoxy groups -OCH3 is 1. The van der Waals surface area contributed by atoms with Crippen molar-refractivity contribution in [1.82, 2.24) is 0 Å². The lowest BCUT2D eigenvalue weighted by molar-refractivity contribution is -0.122. The molecular formula is C19H19F2NO4S. The van der Waals surface area contributed by atoms with Gasteiger partial charge >= 0.3 is 0 Å². The molecule has 2 aromatic carbocycles. The van der Waals surface area contributed by atoms with Crippen LogP contribution in [0.3, 0.4) is 0 Å². The van der Waals surface area contributed by atoms with Gasteiger partial charge in [-0.15, -0.1) is 0 Å². The average Bonchev–Trinajstić information content (AvgIpc) is 2.62. The molecule has 0 heterocycles. The lowest BCUT2D eigenvalue weighted by Gasteiger charge is -2.17. The van der Waals surface area contributed by atoms with Crippen molar-refractivity contribution in [3.05, 3.63) is 48.0 Å². The summed E-state index contributed by atoms with van der Waals surface area (Å²) in [7, 11) is 1.44. The van der Waals surface area contributed by atoms with Gasteiger partial charge in [0.1, 0.15) is 0 Å². The van der Waals surface area contributed by atoms with E-state index in [1.807, 2.05) is 0 Å². The maximum atomic E-state index is 12.3. The number of anilines is 1. The van der Waals surface area contributed by atoms with Crippen LogP contribution in [0, 0.1) is 0 Å². The summed E-state index contributed by atoms with van der Waals surface area (Å²) in [5.74, 6) is -2.35. The maximum Gasteiger partial charge on any atom is 0.288 e. The number of ketones is 1. The first-order valence-corrected chi connectivity index (χ1v) is 8.89. The zero-order valence-corrected chi connectivity index (χ0v) is 15.8. The van der Waals surface area contributed by atoms with E-state index in [1.54, 1.807) is 25.1 Å². The van der Waals surface area contributed by atoms with Gasteiger partial charge in [0, 0.05) is 16.1 Å². The second-order valence-corrected chi connectivity index (χ2v) is 6.64. The smallest absolute Gasteiger partial charge is 0.288 e. The molecule has 2 rings (SSSR count). The van der Waals surface area contributed by atoms with E-state index < -0.39 is 17.8 Å². The Hall–Kier alpha value is -2.61. The molecule has 0 bridgehead atoms. The third-order valence-corrected chi connectivity index (χ3v) is 4.31. The number of alkyl halides is 2. The SMILES string of the molecule is COc1cc(C(C)=O)ccc1O[C@@H](C)C(=O)Nc1ccc(SC(F)F)cc1. The molecule has 27 heavy (non-hydrogen) atoms. The standard InChI is InChI=1S/C19H19F2NO4S/c1-11(23)13-4-9-16(17(10-13)25-3)26-12(2)18(24)22-14-5-7-15(8-6-14)27-19(20)21/h4-10,12,19H,1-3H3,(H,22,24)/t12-/m0/s1. The number of ether oxygens (including phenoxy) is 2. The van der Waals surface area contributed by atoms with E-state index in [-0.39, 0.29) is 5.78 Å². The Bertz CT molecular complexity index is 812. The molecule has 5 nitrogen and oxygen atoms in total. The van der Waals surface area contributed by atoms with Gasteiger partial charge in [-0.2, -0.15) is 8.78 Å². The van der Waals surface area contributed by atoms with Gasteiger partial charge in [-0.05, 0) is 56.3 Å². The van der Waals surface area contributed by atoms with E-state index in [1.165, 1.54) is 38.3 Å². The highest BCUT2D eigenvalue weighted by atomic mass is 32.2. The number of benzene rings is 2. The highest BCUT2D eigenvalue weighted by Gasteiger charge is 2.18. The normalized spacial score (nSPS) is 11.8. The Labute approximate surface area is 160 Å². The van der Waals surface area contributed by atoms with E-state index >= 15 is 0 Å². The fourth-order valence-electron chi connectivity index (χ4n) is 2.19. The van der Waals surface area contributed by atoms with Gasteiger partial charge < -0.3 is 14.8 Å². The average molecular weight is 395 g/mol. The summed E-state index contributed by atoms with van der Waals surface area (Å²) in [5, 5.41) is 2.65. The van der Waals surface area contributed by atoms with Crippen molar-refractivity contribution < 1.29 is 27.8 Å². The highest BCUT2D eigenvalue weighted by Crippen LogP contribution is 2.30. The Morgan fingerprint density at radius 3 is 2.30 bits per heavy atom. The molecule has 0 aliphatic carbocycles. The van der Waals surface area contributed by atoms with E-state index in [0.717, 1.165) is 0 Å². The molecule has 144 valence electrons. The monoisotopic (exact) mass is 395 g/mol. The predicted molar refractivity (Wildman–Crippen MR) is 100 cm³/mol. The number of carbonyl (C=O) groups is 2. The second kappa shape index (κ2) is 9.36. The first-order valence-electron chi connectivity index (χ1n) is 8.01. The molecule has 0 saturated heterocycles. The molecule has 0 aliphatic heterocycles. The van der Waals surface area contributed by atoms with Gasteiger partial charge in [0.25, 0.3) is 11.7 Å². The maximum absolute atomic E-state index is 12.3. The van der Waals surface area contributed by atoms with Crippen LogP contribution >= 0.6 is 11.8 Å². The summed E-state index contributed by atoms with van der Waals surface area (Å²) in [4.78, 5) is 24.1. The van der Waals surface area contributed by atoms with Crippen LogP contribution in [0.4, 0.5) is 14.5 Å². The van der Waals surface area contributed by atoms with Gasteiger partial charge in [0.15, 0.2) is 23.4 Å². The molecule has 0 unspecified atom stereocenters. The third-order valence-electron chi connectivity index (χ3n) is 3.59. The minimum absolute atomic E-state index is 0.112. The van der Waals surface area contributed by atoms with Crippen molar-refractivity contribution in [2.24, 2.45) is 0 Å². The minimum atomic E-state index is -2.50. The Morgan fingerprint density at radius 1 is 1.07 bits per heavy atom. The van der Waals surface area contributed by atoms with Crippen molar-refractivity contribution in [2.75, 3.05) is 12.4 Å². The summed E-state index contributed by atoms with van der Waals surface area (Å²) in [5.41, 5.74) is 0.936. The van der Waals surface area contributed by atoms with Crippen LogP contribution in [-0.4, -0.2) is 30.7 Å². The van der Waals surface area contributed by atoms with Gasteiger partial charge in [-0.25, -0.2) is 0 Å². The number of amides is 1. The Kier molecular flexibility index (Phi) is 7.18. The zero-order valence-electron chi connectivity index (χ0n) is 15.0. The van der Waals surface area contributed by atoms with Crippen molar-refractivity contribution in [3.63, 3.8) is 0 Å². The van der Waals surface area contributed by atoms with E-state index in [4.69, 9.17) is 9.47 Å². The molecule has 1 atom stereocenters. The largest absolute Gasteiger partial charge is 0.493 e. The van der Waals surface area contributed by atoms with Gasteiger partial charge in [0.05, 0.1) is 7.11 Å². The van der Waals surface area contributed by atoms with Crippen LogP contribution < -0.4 is 14.8 Å². The first-order chi connectivity index (χ1) is 12.8. The summed E-state index contributed by atoms with van der Waals surface area (Å²) >= 11 is 0.433.